The van der Waals surface area contributed by atoms with Gasteiger partial charge >= 0.3 is 0 Å². The van der Waals surface area contributed by atoms with Crippen LogP contribution in [0.15, 0.2) is 35.5 Å². The van der Waals surface area contributed by atoms with Gasteiger partial charge in [-0.3, -0.25) is 14.2 Å². The minimum Gasteiger partial charge on any atom is -0.476 e. The molecule has 1 fully saturated rings. The van der Waals surface area contributed by atoms with E-state index in [1.807, 2.05) is 23.2 Å². The number of amides is 1. The third-order valence-electron chi connectivity index (χ3n) is 5.82. The molecule has 1 aliphatic heterocycles. The molecule has 0 spiro atoms. The lowest BCUT2D eigenvalue weighted by Gasteiger charge is -2.32. The van der Waals surface area contributed by atoms with Crippen LogP contribution in [0.3, 0.4) is 0 Å². The predicted octanol–water partition coefficient (Wildman–Crippen LogP) is 2.21. The molecule has 9 nitrogen and oxygen atoms in total. The van der Waals surface area contributed by atoms with Gasteiger partial charge in [-0.2, -0.15) is 0 Å². The zero-order valence-electron chi connectivity index (χ0n) is 19.1. The van der Waals surface area contributed by atoms with Gasteiger partial charge in [-0.25, -0.2) is 14.5 Å². The average molecular weight is 439 g/mol. The zero-order valence-corrected chi connectivity index (χ0v) is 19.1. The van der Waals surface area contributed by atoms with Crippen LogP contribution in [0, 0.1) is 12.8 Å². The minimum absolute atomic E-state index is 0.0265. The number of ether oxygens (including phenoxy) is 1. The monoisotopic (exact) mass is 438 g/mol. The fourth-order valence-corrected chi connectivity index (χ4v) is 3.74. The summed E-state index contributed by atoms with van der Waals surface area (Å²) in [4.78, 5) is 35.1. The van der Waals surface area contributed by atoms with E-state index in [2.05, 4.69) is 35.8 Å². The number of imidazole rings is 1. The fourth-order valence-electron chi connectivity index (χ4n) is 3.74. The third kappa shape index (κ3) is 4.98. The second kappa shape index (κ2) is 8.72. The molecule has 0 aliphatic carbocycles. The first-order valence-electron chi connectivity index (χ1n) is 11.0. The summed E-state index contributed by atoms with van der Waals surface area (Å²) in [6.07, 6.45) is 5.09. The SMILES string of the molecule is Cc1cc(=O)n(CC(=O)N2CCC(COc3ccc4nc(C(C)(C)C)cn4n3)CC2)cn1. The molecule has 0 unspecified atom stereocenters. The van der Waals surface area contributed by atoms with E-state index < -0.39 is 0 Å². The Morgan fingerprint density at radius 3 is 2.66 bits per heavy atom. The maximum atomic E-state index is 12.6. The normalized spacial score (nSPS) is 15.3. The zero-order chi connectivity index (χ0) is 22.9. The molecule has 0 saturated carbocycles. The van der Waals surface area contributed by atoms with E-state index >= 15 is 0 Å². The summed E-state index contributed by atoms with van der Waals surface area (Å²) in [6, 6.07) is 5.21. The smallest absolute Gasteiger partial charge is 0.253 e. The van der Waals surface area contributed by atoms with Crippen LogP contribution in [-0.4, -0.2) is 54.7 Å². The van der Waals surface area contributed by atoms with Crippen molar-refractivity contribution in [1.29, 1.82) is 0 Å². The number of carbonyl (C=O) groups is 1. The number of hydrogen-bond acceptors (Lipinski definition) is 6. The van der Waals surface area contributed by atoms with E-state index in [9.17, 15) is 9.59 Å². The second-order valence-corrected chi connectivity index (χ2v) is 9.48. The Morgan fingerprint density at radius 1 is 1.22 bits per heavy atom. The number of likely N-dealkylation sites (tertiary alicyclic amines) is 1. The summed E-state index contributed by atoms with van der Waals surface area (Å²) >= 11 is 0. The quantitative estimate of drug-likeness (QED) is 0.606. The summed E-state index contributed by atoms with van der Waals surface area (Å²) in [6.45, 7) is 10.0. The van der Waals surface area contributed by atoms with E-state index in [4.69, 9.17) is 4.74 Å². The highest BCUT2D eigenvalue weighted by Crippen LogP contribution is 2.23. The number of aromatic nitrogens is 5. The highest BCUT2D eigenvalue weighted by atomic mass is 16.5. The van der Waals surface area contributed by atoms with E-state index in [1.54, 1.807) is 11.4 Å². The van der Waals surface area contributed by atoms with Gasteiger partial charge in [0.15, 0.2) is 5.65 Å². The average Bonchev–Trinajstić information content (AvgIpc) is 3.19. The molecule has 4 rings (SSSR count). The van der Waals surface area contributed by atoms with Crippen molar-refractivity contribution in [3.63, 3.8) is 0 Å². The van der Waals surface area contributed by atoms with Crippen LogP contribution >= 0.6 is 0 Å². The van der Waals surface area contributed by atoms with Crippen molar-refractivity contribution >= 4 is 11.6 Å². The molecule has 1 saturated heterocycles. The fraction of sp³-hybridized carbons (Fsp3) is 0.522. The Hall–Kier alpha value is -3.23. The maximum absolute atomic E-state index is 12.6. The van der Waals surface area contributed by atoms with Gasteiger partial charge in [0, 0.05) is 36.3 Å². The summed E-state index contributed by atoms with van der Waals surface area (Å²) < 4.78 is 9.07. The molecule has 0 atom stereocenters. The first kappa shape index (κ1) is 22.0. The minimum atomic E-state index is -0.203. The maximum Gasteiger partial charge on any atom is 0.253 e. The molecular weight excluding hydrogens is 408 g/mol. The van der Waals surface area contributed by atoms with Crippen molar-refractivity contribution in [1.82, 2.24) is 29.0 Å². The number of hydrogen-bond donors (Lipinski definition) is 0. The van der Waals surface area contributed by atoms with Crippen LogP contribution < -0.4 is 10.3 Å². The molecule has 0 bridgehead atoms. The number of aryl methyl sites for hydroxylation is 1. The third-order valence-corrected chi connectivity index (χ3v) is 5.82. The molecule has 1 amide bonds. The van der Waals surface area contributed by atoms with Crippen molar-refractivity contribution in [2.45, 2.75) is 52.5 Å². The summed E-state index contributed by atoms with van der Waals surface area (Å²) in [5.41, 5.74) is 2.20. The lowest BCUT2D eigenvalue weighted by atomic mass is 9.93. The predicted molar refractivity (Wildman–Crippen MR) is 120 cm³/mol. The van der Waals surface area contributed by atoms with E-state index in [0.717, 1.165) is 24.2 Å². The van der Waals surface area contributed by atoms with Crippen LogP contribution in [0.25, 0.3) is 5.65 Å². The summed E-state index contributed by atoms with van der Waals surface area (Å²) in [5, 5.41) is 4.53. The largest absolute Gasteiger partial charge is 0.476 e. The van der Waals surface area contributed by atoms with Gasteiger partial charge in [0.1, 0.15) is 6.54 Å². The first-order valence-corrected chi connectivity index (χ1v) is 11.0. The summed E-state index contributed by atoms with van der Waals surface area (Å²) in [5.74, 6) is 0.868. The van der Waals surface area contributed by atoms with Crippen molar-refractivity contribution < 1.29 is 9.53 Å². The van der Waals surface area contributed by atoms with E-state index in [-0.39, 0.29) is 23.4 Å². The Labute approximate surface area is 187 Å². The van der Waals surface area contributed by atoms with Gasteiger partial charge in [-0.1, -0.05) is 20.8 Å². The number of nitrogens with zero attached hydrogens (tertiary/aromatic N) is 6. The molecule has 0 radical (unpaired) electrons. The highest BCUT2D eigenvalue weighted by molar-refractivity contribution is 5.76. The van der Waals surface area contributed by atoms with Crippen LogP contribution in [0.5, 0.6) is 5.88 Å². The molecule has 0 aromatic carbocycles. The Kier molecular flexibility index (Phi) is 5.99. The number of piperidine rings is 1. The summed E-state index contributed by atoms with van der Waals surface area (Å²) in [7, 11) is 0. The molecule has 32 heavy (non-hydrogen) atoms. The topological polar surface area (TPSA) is 94.6 Å². The lowest BCUT2D eigenvalue weighted by Crippen LogP contribution is -2.42. The van der Waals surface area contributed by atoms with Crippen LogP contribution in [-0.2, 0) is 16.8 Å². The number of rotatable bonds is 5. The van der Waals surface area contributed by atoms with Crippen LogP contribution in [0.2, 0.25) is 0 Å². The van der Waals surface area contributed by atoms with Crippen molar-refractivity contribution in [3.8, 4) is 5.88 Å². The van der Waals surface area contributed by atoms with Crippen molar-refractivity contribution in [2.24, 2.45) is 5.92 Å². The Bertz CT molecular complexity index is 1170. The molecule has 1 aliphatic rings. The van der Waals surface area contributed by atoms with Crippen LogP contribution in [0.1, 0.15) is 45.0 Å². The Balaban J connectivity index is 1.28. The van der Waals surface area contributed by atoms with E-state index in [0.29, 0.717) is 37.2 Å². The van der Waals surface area contributed by atoms with Crippen LogP contribution in [0.4, 0.5) is 0 Å². The van der Waals surface area contributed by atoms with Gasteiger partial charge in [0.2, 0.25) is 11.8 Å². The molecule has 170 valence electrons. The van der Waals surface area contributed by atoms with Gasteiger partial charge in [-0.15, -0.1) is 5.10 Å². The van der Waals surface area contributed by atoms with Crippen molar-refractivity contribution in [2.75, 3.05) is 19.7 Å². The molecule has 0 N–H and O–H groups in total. The van der Waals surface area contributed by atoms with Gasteiger partial charge in [0.25, 0.3) is 5.56 Å². The molecule has 3 aromatic heterocycles. The first-order chi connectivity index (χ1) is 15.2. The molecule has 4 heterocycles. The number of fused-ring (bicyclic) bond motifs is 1. The highest BCUT2D eigenvalue weighted by Gasteiger charge is 2.24. The molecule has 9 heteroatoms. The molecule has 3 aromatic rings. The lowest BCUT2D eigenvalue weighted by molar-refractivity contribution is -0.133. The second-order valence-electron chi connectivity index (χ2n) is 9.48. The molecular formula is C23H30N6O3. The van der Waals surface area contributed by atoms with Gasteiger partial charge in [0.05, 0.1) is 24.8 Å². The van der Waals surface area contributed by atoms with E-state index in [1.165, 1.54) is 17.0 Å². The van der Waals surface area contributed by atoms with Gasteiger partial charge < -0.3 is 9.64 Å². The Morgan fingerprint density at radius 2 is 1.97 bits per heavy atom. The van der Waals surface area contributed by atoms with Gasteiger partial charge in [-0.05, 0) is 31.7 Å². The number of carbonyl (C=O) groups excluding carboxylic acids is 1. The standard InChI is InChI=1S/C23H30N6O3/c1-16-11-21(30)28(15-24-16)13-22(31)27-9-7-17(8-10-27)14-32-20-6-5-19-25-18(23(2,3)4)12-29(19)26-20/h5-6,11-12,15,17H,7-10,13-14H2,1-4H3. The van der Waals surface area contributed by atoms with Crippen molar-refractivity contribution in [3.05, 3.63) is 52.5 Å².